The molecule has 1 aromatic carbocycles. The molecule has 0 aliphatic carbocycles. The Kier molecular flexibility index (Phi) is 4.85. The lowest BCUT2D eigenvalue weighted by Gasteiger charge is -2.18. The molecule has 0 aliphatic heterocycles. The second-order valence-electron chi connectivity index (χ2n) is 5.10. The Bertz CT molecular complexity index is 564. The Morgan fingerprint density at radius 1 is 1.25 bits per heavy atom. The van der Waals surface area contributed by atoms with E-state index in [-0.39, 0.29) is 11.9 Å². The summed E-state index contributed by atoms with van der Waals surface area (Å²) in [6.07, 6.45) is 2.88. The molecule has 20 heavy (non-hydrogen) atoms. The van der Waals surface area contributed by atoms with Crippen LogP contribution in [0.4, 0.5) is 4.39 Å². The predicted octanol–water partition coefficient (Wildman–Crippen LogP) is 4.26. The first-order chi connectivity index (χ1) is 9.61. The number of benzene rings is 1. The molecule has 1 atom stereocenters. The van der Waals surface area contributed by atoms with Crippen LogP contribution in [0.2, 0.25) is 0 Å². The summed E-state index contributed by atoms with van der Waals surface area (Å²) in [6, 6.07) is 9.10. The predicted molar refractivity (Wildman–Crippen MR) is 81.1 cm³/mol. The maximum Gasteiger partial charge on any atom is 0.123 e. The van der Waals surface area contributed by atoms with E-state index in [0.717, 1.165) is 35.3 Å². The van der Waals surface area contributed by atoms with Crippen LogP contribution in [-0.2, 0) is 0 Å². The van der Waals surface area contributed by atoms with Crippen molar-refractivity contribution in [2.45, 2.75) is 33.2 Å². The number of halogens is 1. The lowest BCUT2D eigenvalue weighted by atomic mass is 9.96. The molecular weight excluding hydrogens is 251 g/mol. The molecule has 0 saturated heterocycles. The van der Waals surface area contributed by atoms with E-state index in [9.17, 15) is 4.39 Å². The number of aryl methyl sites for hydroxylation is 1. The topological polar surface area (TPSA) is 24.9 Å². The van der Waals surface area contributed by atoms with Crippen molar-refractivity contribution < 1.29 is 4.39 Å². The number of rotatable bonds is 5. The van der Waals surface area contributed by atoms with Gasteiger partial charge in [0, 0.05) is 23.5 Å². The third kappa shape index (κ3) is 3.42. The van der Waals surface area contributed by atoms with E-state index in [1.54, 1.807) is 12.3 Å². The van der Waals surface area contributed by atoms with Crippen molar-refractivity contribution in [3.05, 3.63) is 53.6 Å². The molecule has 0 radical (unpaired) electrons. The van der Waals surface area contributed by atoms with Gasteiger partial charge in [-0.2, -0.15) is 0 Å². The summed E-state index contributed by atoms with van der Waals surface area (Å²) in [5, 5.41) is 3.45. The second-order valence-corrected chi connectivity index (χ2v) is 5.10. The fourth-order valence-electron chi connectivity index (χ4n) is 2.25. The van der Waals surface area contributed by atoms with Crippen LogP contribution in [0.15, 0.2) is 36.5 Å². The highest BCUT2D eigenvalue weighted by Crippen LogP contribution is 2.28. The smallest absolute Gasteiger partial charge is 0.123 e. The van der Waals surface area contributed by atoms with Gasteiger partial charge in [-0.05, 0) is 56.1 Å². The summed E-state index contributed by atoms with van der Waals surface area (Å²) in [7, 11) is 0. The molecule has 106 valence electrons. The third-order valence-electron chi connectivity index (χ3n) is 3.40. The maximum atomic E-state index is 13.6. The molecule has 2 nitrogen and oxygen atoms in total. The van der Waals surface area contributed by atoms with Gasteiger partial charge < -0.3 is 5.32 Å². The Hall–Kier alpha value is -1.74. The molecule has 2 rings (SSSR count). The normalized spacial score (nSPS) is 12.4. The van der Waals surface area contributed by atoms with Crippen LogP contribution < -0.4 is 5.32 Å². The average molecular weight is 272 g/mol. The van der Waals surface area contributed by atoms with Gasteiger partial charge >= 0.3 is 0 Å². The third-order valence-corrected chi connectivity index (χ3v) is 3.40. The summed E-state index contributed by atoms with van der Waals surface area (Å²) in [4.78, 5) is 4.30. The Morgan fingerprint density at radius 2 is 2.05 bits per heavy atom. The van der Waals surface area contributed by atoms with E-state index in [1.807, 2.05) is 25.1 Å². The number of nitrogens with zero attached hydrogens (tertiary/aromatic N) is 1. The van der Waals surface area contributed by atoms with Crippen molar-refractivity contribution in [1.29, 1.82) is 0 Å². The zero-order valence-electron chi connectivity index (χ0n) is 12.3. The van der Waals surface area contributed by atoms with E-state index in [0.29, 0.717) is 0 Å². The fourth-order valence-corrected chi connectivity index (χ4v) is 2.25. The minimum Gasteiger partial charge on any atom is -0.310 e. The monoisotopic (exact) mass is 272 g/mol. The Morgan fingerprint density at radius 3 is 2.70 bits per heavy atom. The first-order valence-corrected chi connectivity index (χ1v) is 7.07. The van der Waals surface area contributed by atoms with Gasteiger partial charge in [-0.25, -0.2) is 4.39 Å². The molecule has 1 heterocycles. The van der Waals surface area contributed by atoms with Crippen LogP contribution in [-0.4, -0.2) is 11.5 Å². The van der Waals surface area contributed by atoms with Crippen LogP contribution in [0, 0.1) is 12.7 Å². The van der Waals surface area contributed by atoms with Gasteiger partial charge in [0.2, 0.25) is 0 Å². The summed E-state index contributed by atoms with van der Waals surface area (Å²) < 4.78 is 13.6. The molecule has 0 saturated carbocycles. The van der Waals surface area contributed by atoms with Gasteiger partial charge in [0.05, 0.1) is 0 Å². The van der Waals surface area contributed by atoms with Crippen molar-refractivity contribution in [3.63, 3.8) is 0 Å². The molecule has 1 aromatic heterocycles. The SMILES string of the molecule is CCCNC(C)c1ccc(F)cc1-c1ccc(C)nc1. The first-order valence-electron chi connectivity index (χ1n) is 7.07. The molecule has 1 N–H and O–H groups in total. The van der Waals surface area contributed by atoms with Crippen LogP contribution in [0.3, 0.4) is 0 Å². The highest BCUT2D eigenvalue weighted by Gasteiger charge is 2.12. The number of aromatic nitrogens is 1. The second kappa shape index (κ2) is 6.62. The molecule has 0 fully saturated rings. The molecule has 3 heteroatoms. The van der Waals surface area contributed by atoms with E-state index in [4.69, 9.17) is 0 Å². The van der Waals surface area contributed by atoms with Gasteiger partial charge in [0.15, 0.2) is 0 Å². The van der Waals surface area contributed by atoms with Crippen molar-refractivity contribution in [3.8, 4) is 11.1 Å². The van der Waals surface area contributed by atoms with Crippen molar-refractivity contribution in [2.75, 3.05) is 6.54 Å². The average Bonchev–Trinajstić information content (AvgIpc) is 2.45. The van der Waals surface area contributed by atoms with E-state index in [1.165, 1.54) is 6.07 Å². The number of hydrogen-bond acceptors (Lipinski definition) is 2. The number of pyridine rings is 1. The van der Waals surface area contributed by atoms with Gasteiger partial charge in [-0.3, -0.25) is 4.98 Å². The highest BCUT2D eigenvalue weighted by atomic mass is 19.1. The Labute approximate surface area is 120 Å². The standard InChI is InChI=1S/C17H21FN2/c1-4-9-19-13(3)16-8-7-15(18)10-17(16)14-6-5-12(2)20-11-14/h5-8,10-11,13,19H,4,9H2,1-3H3. The molecule has 2 aromatic rings. The van der Waals surface area contributed by atoms with Crippen molar-refractivity contribution in [2.24, 2.45) is 0 Å². The van der Waals surface area contributed by atoms with Crippen LogP contribution in [0.25, 0.3) is 11.1 Å². The minimum absolute atomic E-state index is 0.187. The minimum atomic E-state index is -0.216. The molecule has 0 aliphatic rings. The van der Waals surface area contributed by atoms with E-state index >= 15 is 0 Å². The zero-order chi connectivity index (χ0) is 14.5. The molecule has 0 spiro atoms. The Balaban J connectivity index is 2.40. The molecule has 0 amide bonds. The molecular formula is C17H21FN2. The van der Waals surface area contributed by atoms with E-state index < -0.39 is 0 Å². The van der Waals surface area contributed by atoms with Gasteiger partial charge in [-0.1, -0.05) is 19.1 Å². The van der Waals surface area contributed by atoms with Crippen LogP contribution in [0.5, 0.6) is 0 Å². The quantitative estimate of drug-likeness (QED) is 0.879. The number of hydrogen-bond donors (Lipinski definition) is 1. The lowest BCUT2D eigenvalue weighted by Crippen LogP contribution is -2.20. The molecule has 0 bridgehead atoms. The fraction of sp³-hybridized carbons (Fsp3) is 0.353. The van der Waals surface area contributed by atoms with Crippen LogP contribution in [0.1, 0.15) is 37.6 Å². The first kappa shape index (κ1) is 14.7. The van der Waals surface area contributed by atoms with Gasteiger partial charge in [-0.15, -0.1) is 0 Å². The maximum absolute atomic E-state index is 13.6. The van der Waals surface area contributed by atoms with Gasteiger partial charge in [0.25, 0.3) is 0 Å². The zero-order valence-corrected chi connectivity index (χ0v) is 12.3. The largest absolute Gasteiger partial charge is 0.310 e. The lowest BCUT2D eigenvalue weighted by molar-refractivity contribution is 0.569. The highest BCUT2D eigenvalue weighted by molar-refractivity contribution is 5.67. The van der Waals surface area contributed by atoms with E-state index in [2.05, 4.69) is 24.1 Å². The summed E-state index contributed by atoms with van der Waals surface area (Å²) in [5.41, 5.74) is 3.93. The number of nitrogens with one attached hydrogen (secondary N) is 1. The molecule has 1 unspecified atom stereocenters. The van der Waals surface area contributed by atoms with Crippen molar-refractivity contribution in [1.82, 2.24) is 10.3 Å². The van der Waals surface area contributed by atoms with Crippen molar-refractivity contribution >= 4 is 0 Å². The summed E-state index contributed by atoms with van der Waals surface area (Å²) >= 11 is 0. The van der Waals surface area contributed by atoms with Gasteiger partial charge in [0.1, 0.15) is 5.82 Å². The van der Waals surface area contributed by atoms with Crippen LogP contribution >= 0.6 is 0 Å². The summed E-state index contributed by atoms with van der Waals surface area (Å²) in [6.45, 7) is 7.13. The summed E-state index contributed by atoms with van der Waals surface area (Å²) in [5.74, 6) is -0.216.